The van der Waals surface area contributed by atoms with Crippen molar-refractivity contribution >= 4 is 38.2 Å². The molecule has 0 atom stereocenters. The number of carbonyl (C=O) groups excluding carboxylic acids is 2. The molecule has 2 aromatic rings. The van der Waals surface area contributed by atoms with E-state index in [1.54, 1.807) is 20.8 Å². The number of hydrogen-bond acceptors (Lipinski definition) is 6. The van der Waals surface area contributed by atoms with Crippen LogP contribution in [0.25, 0.3) is 0 Å². The number of benzene rings is 1. The van der Waals surface area contributed by atoms with Crippen molar-refractivity contribution in [2.45, 2.75) is 51.0 Å². The Morgan fingerprint density at radius 2 is 1.87 bits per heavy atom. The van der Waals surface area contributed by atoms with Gasteiger partial charge in [-0.15, -0.1) is 11.3 Å². The van der Waals surface area contributed by atoms with E-state index in [2.05, 4.69) is 5.32 Å². The molecule has 0 unspecified atom stereocenters. The van der Waals surface area contributed by atoms with Gasteiger partial charge in [0.15, 0.2) is 0 Å². The van der Waals surface area contributed by atoms with Crippen molar-refractivity contribution in [3.63, 3.8) is 0 Å². The molecule has 9 heteroatoms. The summed E-state index contributed by atoms with van der Waals surface area (Å²) in [5, 5.41) is 3.30. The van der Waals surface area contributed by atoms with E-state index in [4.69, 9.17) is 4.74 Å². The third-order valence-corrected chi connectivity index (χ3v) is 8.40. The molecule has 1 aliphatic rings. The summed E-state index contributed by atoms with van der Waals surface area (Å²) in [5.41, 5.74) is 1.72. The number of rotatable bonds is 7. The van der Waals surface area contributed by atoms with E-state index >= 15 is 0 Å². The van der Waals surface area contributed by atoms with Gasteiger partial charge in [-0.05, 0) is 69.9 Å². The Labute approximate surface area is 181 Å². The highest BCUT2D eigenvalue weighted by Crippen LogP contribution is 2.39. The third-order valence-electron chi connectivity index (χ3n) is 5.15. The Bertz CT molecular complexity index is 1060. The predicted molar refractivity (Wildman–Crippen MR) is 117 cm³/mol. The van der Waals surface area contributed by atoms with E-state index in [1.807, 2.05) is 0 Å². The van der Waals surface area contributed by atoms with Gasteiger partial charge in [0.1, 0.15) is 5.00 Å². The second kappa shape index (κ2) is 8.87. The summed E-state index contributed by atoms with van der Waals surface area (Å²) in [4.78, 5) is 26.4. The van der Waals surface area contributed by atoms with Gasteiger partial charge in [-0.1, -0.05) is 0 Å². The quantitative estimate of drug-likeness (QED) is 0.650. The van der Waals surface area contributed by atoms with E-state index in [0.717, 1.165) is 29.7 Å². The average molecular weight is 451 g/mol. The minimum Gasteiger partial charge on any atom is -0.462 e. The number of nitrogens with zero attached hydrogens (tertiary/aromatic N) is 1. The highest BCUT2D eigenvalue weighted by molar-refractivity contribution is 7.89. The van der Waals surface area contributed by atoms with Gasteiger partial charge in [-0.2, -0.15) is 4.31 Å². The number of carbonyl (C=O) groups is 2. The van der Waals surface area contributed by atoms with Crippen molar-refractivity contribution in [3.05, 3.63) is 45.8 Å². The van der Waals surface area contributed by atoms with Gasteiger partial charge in [0, 0.05) is 23.5 Å². The van der Waals surface area contributed by atoms with Crippen LogP contribution in [0.2, 0.25) is 0 Å². The van der Waals surface area contributed by atoms with Crippen LogP contribution in [0.15, 0.2) is 29.2 Å². The lowest BCUT2D eigenvalue weighted by molar-refractivity contribution is 0.0527. The molecule has 0 bridgehead atoms. The highest BCUT2D eigenvalue weighted by atomic mass is 32.2. The van der Waals surface area contributed by atoms with Crippen molar-refractivity contribution in [1.82, 2.24) is 4.31 Å². The number of hydrogen-bond donors (Lipinski definition) is 1. The SMILES string of the molecule is CCOC(=O)c1c(NC(=O)c2ccc(S(=O)(=O)N(C)C(C)C)cc2)sc2c1CCC2. The molecule has 0 aliphatic heterocycles. The largest absolute Gasteiger partial charge is 0.462 e. The molecule has 1 aromatic heterocycles. The first kappa shape index (κ1) is 22.5. The number of esters is 1. The van der Waals surface area contributed by atoms with Crippen LogP contribution in [0.3, 0.4) is 0 Å². The maximum Gasteiger partial charge on any atom is 0.341 e. The van der Waals surface area contributed by atoms with Gasteiger partial charge in [-0.3, -0.25) is 4.79 Å². The van der Waals surface area contributed by atoms with E-state index in [-0.39, 0.29) is 17.5 Å². The van der Waals surface area contributed by atoms with Crippen LogP contribution >= 0.6 is 11.3 Å². The minimum absolute atomic E-state index is 0.123. The molecule has 162 valence electrons. The van der Waals surface area contributed by atoms with E-state index in [1.165, 1.54) is 47.0 Å². The summed E-state index contributed by atoms with van der Waals surface area (Å²) >= 11 is 1.40. The summed E-state index contributed by atoms with van der Waals surface area (Å²) < 4.78 is 31.6. The Balaban J connectivity index is 1.83. The standard InChI is InChI=1S/C21H26N2O5S2/c1-5-28-21(25)18-16-7-6-8-17(16)29-20(18)22-19(24)14-9-11-15(12-10-14)30(26,27)23(4)13(2)3/h9-13H,5-8H2,1-4H3,(H,22,24). The van der Waals surface area contributed by atoms with Crippen molar-refractivity contribution in [2.24, 2.45) is 0 Å². The van der Waals surface area contributed by atoms with Gasteiger partial charge in [-0.25, -0.2) is 13.2 Å². The zero-order valence-electron chi connectivity index (χ0n) is 17.5. The maximum absolute atomic E-state index is 12.8. The van der Waals surface area contributed by atoms with E-state index in [9.17, 15) is 18.0 Å². The maximum atomic E-state index is 12.8. The molecule has 0 saturated heterocycles. The molecule has 30 heavy (non-hydrogen) atoms. The van der Waals surface area contributed by atoms with Gasteiger partial charge in [0.25, 0.3) is 5.91 Å². The molecule has 1 heterocycles. The molecule has 1 aliphatic carbocycles. The number of fused-ring (bicyclic) bond motifs is 1. The molecule has 7 nitrogen and oxygen atoms in total. The molecule has 1 amide bonds. The third kappa shape index (κ3) is 4.28. The number of nitrogens with one attached hydrogen (secondary N) is 1. The van der Waals surface area contributed by atoms with Crippen molar-refractivity contribution in [3.8, 4) is 0 Å². The van der Waals surface area contributed by atoms with Gasteiger partial charge in [0.05, 0.1) is 17.1 Å². The molecule has 1 N–H and O–H groups in total. The number of sulfonamides is 1. The first-order valence-corrected chi connectivity index (χ1v) is 12.1. The summed E-state index contributed by atoms with van der Waals surface area (Å²) in [6.45, 7) is 5.59. The minimum atomic E-state index is -3.62. The lowest BCUT2D eigenvalue weighted by Crippen LogP contribution is -2.33. The Morgan fingerprint density at radius 3 is 2.47 bits per heavy atom. The number of ether oxygens (including phenoxy) is 1. The fourth-order valence-electron chi connectivity index (χ4n) is 3.31. The molecule has 0 spiro atoms. The van der Waals surface area contributed by atoms with Crippen LogP contribution in [0, 0.1) is 0 Å². The average Bonchev–Trinajstić information content (AvgIpc) is 3.28. The Kier molecular flexibility index (Phi) is 6.64. The first-order chi connectivity index (χ1) is 14.2. The number of amides is 1. The first-order valence-electron chi connectivity index (χ1n) is 9.88. The van der Waals surface area contributed by atoms with Crippen molar-refractivity contribution in [2.75, 3.05) is 19.0 Å². The second-order valence-electron chi connectivity index (χ2n) is 7.38. The van der Waals surface area contributed by atoms with Crippen LogP contribution in [-0.2, 0) is 27.6 Å². The van der Waals surface area contributed by atoms with E-state index < -0.39 is 21.9 Å². The lowest BCUT2D eigenvalue weighted by Gasteiger charge is -2.21. The van der Waals surface area contributed by atoms with Crippen LogP contribution in [0.5, 0.6) is 0 Å². The van der Waals surface area contributed by atoms with Gasteiger partial charge in [0.2, 0.25) is 10.0 Å². The summed E-state index contributed by atoms with van der Waals surface area (Å²) in [6, 6.07) is 5.61. The lowest BCUT2D eigenvalue weighted by atomic mass is 10.1. The smallest absolute Gasteiger partial charge is 0.341 e. The fraction of sp³-hybridized carbons (Fsp3) is 0.429. The van der Waals surface area contributed by atoms with Crippen LogP contribution in [0.1, 0.15) is 58.3 Å². The Morgan fingerprint density at radius 1 is 1.20 bits per heavy atom. The van der Waals surface area contributed by atoms with Crippen molar-refractivity contribution in [1.29, 1.82) is 0 Å². The predicted octanol–water partition coefficient (Wildman–Crippen LogP) is 3.69. The van der Waals surface area contributed by atoms with Crippen LogP contribution in [0.4, 0.5) is 5.00 Å². The van der Waals surface area contributed by atoms with Gasteiger partial charge < -0.3 is 10.1 Å². The zero-order chi connectivity index (χ0) is 22.1. The molecule has 0 saturated carbocycles. The zero-order valence-corrected chi connectivity index (χ0v) is 19.2. The highest BCUT2D eigenvalue weighted by Gasteiger charge is 2.29. The number of aryl methyl sites for hydroxylation is 1. The van der Waals surface area contributed by atoms with Crippen LogP contribution < -0.4 is 5.32 Å². The fourth-order valence-corrected chi connectivity index (χ4v) is 5.95. The number of anilines is 1. The Hall–Kier alpha value is -2.23. The second-order valence-corrected chi connectivity index (χ2v) is 10.5. The summed E-state index contributed by atoms with van der Waals surface area (Å²) in [6.07, 6.45) is 2.67. The normalized spacial score (nSPS) is 13.5. The molecular weight excluding hydrogens is 424 g/mol. The monoisotopic (exact) mass is 450 g/mol. The number of thiophene rings is 1. The topological polar surface area (TPSA) is 92.8 Å². The van der Waals surface area contributed by atoms with E-state index in [0.29, 0.717) is 16.1 Å². The van der Waals surface area contributed by atoms with Crippen LogP contribution in [-0.4, -0.2) is 44.3 Å². The van der Waals surface area contributed by atoms with Crippen molar-refractivity contribution < 1.29 is 22.7 Å². The molecule has 1 aromatic carbocycles. The summed E-state index contributed by atoms with van der Waals surface area (Å²) in [5.74, 6) is -0.827. The summed E-state index contributed by atoms with van der Waals surface area (Å²) in [7, 11) is -2.10. The van der Waals surface area contributed by atoms with Gasteiger partial charge >= 0.3 is 5.97 Å². The molecule has 0 radical (unpaired) electrons. The molecular formula is C21H26N2O5S2. The molecule has 3 rings (SSSR count). The molecule has 0 fully saturated rings.